The van der Waals surface area contributed by atoms with Gasteiger partial charge in [-0.25, -0.2) is 14.6 Å². The number of rotatable bonds is 5. The maximum Gasteiger partial charge on any atom is 0.343 e. The molecular weight excluding hydrogens is 469 g/mol. The van der Waals surface area contributed by atoms with Gasteiger partial charge in [0, 0.05) is 10.2 Å². The number of esters is 1. The largest absolute Gasteiger partial charge is 0.423 e. The molecule has 0 aliphatic carbocycles. The molecule has 0 heterocycles. The molecule has 0 saturated carbocycles. The molecule has 0 aliphatic rings. The summed E-state index contributed by atoms with van der Waals surface area (Å²) in [7, 11) is 0. The van der Waals surface area contributed by atoms with E-state index in [0.717, 1.165) is 16.6 Å². The Kier molecular flexibility index (Phi) is 7.23. The quantitative estimate of drug-likeness (QED) is 0.189. The van der Waals surface area contributed by atoms with Crippen LogP contribution in [0.25, 0.3) is 0 Å². The Morgan fingerprint density at radius 1 is 0.935 bits per heavy atom. The highest BCUT2D eigenvalue weighted by Gasteiger charge is 2.13. The second-order valence-corrected chi connectivity index (χ2v) is 7.04. The Hall–Kier alpha value is -3.85. The molecule has 2 amide bonds. The van der Waals surface area contributed by atoms with Crippen LogP contribution in [0, 0.1) is 5.82 Å². The third kappa shape index (κ3) is 6.58. The van der Waals surface area contributed by atoms with Crippen molar-refractivity contribution in [2.45, 2.75) is 0 Å². The van der Waals surface area contributed by atoms with Crippen molar-refractivity contribution in [1.29, 1.82) is 0 Å². The molecule has 156 valence electrons. The maximum absolute atomic E-state index is 12.9. The smallest absolute Gasteiger partial charge is 0.343 e. The molecule has 2 N–H and O–H groups in total. The van der Waals surface area contributed by atoms with E-state index in [-0.39, 0.29) is 5.69 Å². The minimum atomic E-state index is -0.986. The summed E-state index contributed by atoms with van der Waals surface area (Å²) in [6.45, 7) is 0. The number of hydrazone groups is 1. The molecule has 0 bridgehead atoms. The number of halogens is 2. The summed E-state index contributed by atoms with van der Waals surface area (Å²) in [5.41, 5.74) is 3.37. The average Bonchev–Trinajstić information content (AvgIpc) is 2.76. The van der Waals surface area contributed by atoms with Crippen LogP contribution in [-0.2, 0) is 9.59 Å². The number of hydrogen-bond acceptors (Lipinski definition) is 5. The molecule has 7 nitrogen and oxygen atoms in total. The van der Waals surface area contributed by atoms with E-state index in [2.05, 4.69) is 31.8 Å². The zero-order valence-electron chi connectivity index (χ0n) is 15.8. The summed E-state index contributed by atoms with van der Waals surface area (Å²) in [5.74, 6) is -2.55. The number of carbonyl (C=O) groups excluding carboxylic acids is 3. The molecule has 0 aromatic heterocycles. The van der Waals surface area contributed by atoms with E-state index in [4.69, 9.17) is 4.74 Å². The third-order valence-corrected chi connectivity index (χ3v) is 4.33. The average molecular weight is 484 g/mol. The molecule has 3 rings (SSSR count). The van der Waals surface area contributed by atoms with Gasteiger partial charge in [-0.2, -0.15) is 5.10 Å². The lowest BCUT2D eigenvalue weighted by molar-refractivity contribution is -0.136. The van der Waals surface area contributed by atoms with Crippen molar-refractivity contribution < 1.29 is 23.5 Å². The first-order chi connectivity index (χ1) is 14.9. The number of nitrogens with zero attached hydrogens (tertiary/aromatic N) is 1. The van der Waals surface area contributed by atoms with E-state index in [1.165, 1.54) is 18.3 Å². The van der Waals surface area contributed by atoms with Crippen LogP contribution in [0.5, 0.6) is 5.75 Å². The number of anilines is 1. The molecule has 3 aromatic carbocycles. The second kappa shape index (κ2) is 10.3. The molecule has 0 saturated heterocycles. The number of nitrogens with one attached hydrogen (secondary N) is 2. The molecule has 31 heavy (non-hydrogen) atoms. The van der Waals surface area contributed by atoms with Crippen LogP contribution < -0.4 is 15.5 Å². The van der Waals surface area contributed by atoms with Crippen molar-refractivity contribution in [3.8, 4) is 5.75 Å². The SMILES string of the molecule is O=C(NN=Cc1ccc(OC(=O)c2cccc(Br)c2)cc1)C(=O)Nc1ccc(F)cc1. The van der Waals surface area contributed by atoms with E-state index < -0.39 is 23.6 Å². The Labute approximate surface area is 185 Å². The van der Waals surface area contributed by atoms with Crippen molar-refractivity contribution >= 4 is 45.6 Å². The zero-order chi connectivity index (χ0) is 22.2. The van der Waals surface area contributed by atoms with Crippen LogP contribution in [-0.4, -0.2) is 24.0 Å². The molecule has 0 aliphatic heterocycles. The van der Waals surface area contributed by atoms with Crippen LogP contribution in [0.2, 0.25) is 0 Å². The summed E-state index contributed by atoms with van der Waals surface area (Å²) in [6.07, 6.45) is 1.32. The molecule has 0 unspecified atom stereocenters. The lowest BCUT2D eigenvalue weighted by Gasteiger charge is -2.05. The van der Waals surface area contributed by atoms with Gasteiger partial charge in [-0.1, -0.05) is 22.0 Å². The Balaban J connectivity index is 1.50. The molecule has 0 atom stereocenters. The highest BCUT2D eigenvalue weighted by molar-refractivity contribution is 9.10. The number of amides is 2. The maximum atomic E-state index is 12.9. The first kappa shape index (κ1) is 21.8. The number of hydrogen-bond donors (Lipinski definition) is 2. The molecule has 3 aromatic rings. The van der Waals surface area contributed by atoms with E-state index in [9.17, 15) is 18.8 Å². The van der Waals surface area contributed by atoms with Crippen LogP contribution in [0.1, 0.15) is 15.9 Å². The van der Waals surface area contributed by atoms with E-state index >= 15 is 0 Å². The second-order valence-electron chi connectivity index (χ2n) is 6.13. The molecule has 9 heteroatoms. The first-order valence-electron chi connectivity index (χ1n) is 8.88. The lowest BCUT2D eigenvalue weighted by atomic mass is 10.2. The summed E-state index contributed by atoms with van der Waals surface area (Å²) in [6, 6.07) is 18.2. The molecular formula is C22H15BrFN3O4. The Morgan fingerprint density at radius 3 is 2.32 bits per heavy atom. The third-order valence-electron chi connectivity index (χ3n) is 3.84. The van der Waals surface area contributed by atoms with Crippen molar-refractivity contribution in [2.75, 3.05) is 5.32 Å². The Morgan fingerprint density at radius 2 is 1.65 bits per heavy atom. The summed E-state index contributed by atoms with van der Waals surface area (Å²) < 4.78 is 18.9. The summed E-state index contributed by atoms with van der Waals surface area (Å²) >= 11 is 3.30. The fraction of sp³-hybridized carbons (Fsp3) is 0. The van der Waals surface area contributed by atoms with Crippen molar-refractivity contribution in [3.05, 3.63) is 94.2 Å². The van der Waals surface area contributed by atoms with Gasteiger partial charge in [-0.05, 0) is 72.3 Å². The van der Waals surface area contributed by atoms with E-state index in [0.29, 0.717) is 16.9 Å². The van der Waals surface area contributed by atoms with Gasteiger partial charge in [0.2, 0.25) is 0 Å². The van der Waals surface area contributed by atoms with Gasteiger partial charge in [0.25, 0.3) is 0 Å². The summed E-state index contributed by atoms with van der Waals surface area (Å²) in [5, 5.41) is 6.03. The normalized spacial score (nSPS) is 10.5. The van der Waals surface area contributed by atoms with Crippen molar-refractivity contribution in [3.63, 3.8) is 0 Å². The molecule has 0 radical (unpaired) electrons. The topological polar surface area (TPSA) is 96.9 Å². The van der Waals surface area contributed by atoms with Gasteiger partial charge in [-0.15, -0.1) is 0 Å². The highest BCUT2D eigenvalue weighted by Crippen LogP contribution is 2.16. The minimum Gasteiger partial charge on any atom is -0.423 e. The zero-order valence-corrected chi connectivity index (χ0v) is 17.4. The van der Waals surface area contributed by atoms with Crippen LogP contribution in [0.3, 0.4) is 0 Å². The first-order valence-corrected chi connectivity index (χ1v) is 9.68. The minimum absolute atomic E-state index is 0.276. The number of ether oxygens (including phenoxy) is 1. The monoisotopic (exact) mass is 483 g/mol. The predicted molar refractivity (Wildman–Crippen MR) is 116 cm³/mol. The summed E-state index contributed by atoms with van der Waals surface area (Å²) in [4.78, 5) is 35.7. The van der Waals surface area contributed by atoms with Gasteiger partial charge >= 0.3 is 17.8 Å². The van der Waals surface area contributed by atoms with Gasteiger partial charge in [0.1, 0.15) is 11.6 Å². The fourth-order valence-corrected chi connectivity index (χ4v) is 2.74. The highest BCUT2D eigenvalue weighted by atomic mass is 79.9. The van der Waals surface area contributed by atoms with Gasteiger partial charge in [0.05, 0.1) is 11.8 Å². The van der Waals surface area contributed by atoms with Crippen molar-refractivity contribution in [2.24, 2.45) is 5.10 Å². The predicted octanol–water partition coefficient (Wildman–Crippen LogP) is 3.90. The van der Waals surface area contributed by atoms with E-state index in [1.807, 2.05) is 0 Å². The lowest BCUT2D eigenvalue weighted by Crippen LogP contribution is -2.32. The van der Waals surface area contributed by atoms with Crippen LogP contribution in [0.4, 0.5) is 10.1 Å². The molecule has 0 spiro atoms. The van der Waals surface area contributed by atoms with Crippen LogP contribution >= 0.6 is 15.9 Å². The number of carbonyl (C=O) groups is 3. The standard InChI is InChI=1S/C22H15BrFN3O4/c23-16-3-1-2-15(12-16)22(30)31-19-10-4-14(5-11-19)13-25-27-21(29)20(28)26-18-8-6-17(24)7-9-18/h1-13H,(H,26,28)(H,27,29). The Bertz CT molecular complexity index is 1130. The number of benzene rings is 3. The van der Waals surface area contributed by atoms with E-state index in [1.54, 1.807) is 48.5 Å². The van der Waals surface area contributed by atoms with Gasteiger partial charge in [-0.3, -0.25) is 9.59 Å². The van der Waals surface area contributed by atoms with Crippen molar-refractivity contribution in [1.82, 2.24) is 5.43 Å². The fourth-order valence-electron chi connectivity index (χ4n) is 2.34. The molecule has 0 fully saturated rings. The van der Waals surface area contributed by atoms with Gasteiger partial charge in [0.15, 0.2) is 0 Å². The van der Waals surface area contributed by atoms with Crippen LogP contribution in [0.15, 0.2) is 82.4 Å². The van der Waals surface area contributed by atoms with Gasteiger partial charge < -0.3 is 10.1 Å².